The maximum atomic E-state index is 12.1. The molecule has 1 saturated carbocycles. The van der Waals surface area contributed by atoms with Crippen LogP contribution < -0.4 is 0 Å². The van der Waals surface area contributed by atoms with Gasteiger partial charge >= 0.3 is 0 Å². The van der Waals surface area contributed by atoms with Crippen LogP contribution in [0, 0.1) is 5.92 Å². The van der Waals surface area contributed by atoms with Gasteiger partial charge in [-0.2, -0.15) is 0 Å². The summed E-state index contributed by atoms with van der Waals surface area (Å²) in [7, 11) is 1.89. The van der Waals surface area contributed by atoms with Crippen LogP contribution in [0.5, 0.6) is 0 Å². The molecule has 0 unspecified atom stereocenters. The summed E-state index contributed by atoms with van der Waals surface area (Å²) >= 11 is 0. The van der Waals surface area contributed by atoms with Gasteiger partial charge < -0.3 is 14.6 Å². The van der Waals surface area contributed by atoms with Crippen LogP contribution in [0.25, 0.3) is 0 Å². The second kappa shape index (κ2) is 6.70. The van der Waals surface area contributed by atoms with Crippen LogP contribution in [0.2, 0.25) is 0 Å². The number of nitrogens with one attached hydrogen (secondary N) is 1. The van der Waals surface area contributed by atoms with Crippen LogP contribution in [-0.2, 0) is 16.1 Å². The van der Waals surface area contributed by atoms with Crippen molar-refractivity contribution in [1.29, 1.82) is 0 Å². The van der Waals surface area contributed by atoms with E-state index in [1.54, 1.807) is 12.4 Å². The van der Waals surface area contributed by atoms with Crippen LogP contribution in [0.4, 0.5) is 0 Å². The summed E-state index contributed by atoms with van der Waals surface area (Å²) in [5.41, 5.74) is 0. The molecule has 0 radical (unpaired) electrons. The Morgan fingerprint density at radius 1 is 1.53 bits per heavy atom. The van der Waals surface area contributed by atoms with Gasteiger partial charge in [-0.25, -0.2) is 4.98 Å². The number of ether oxygens (including phenoxy) is 1. The number of aromatic amines is 1. The molecule has 1 aromatic rings. The summed E-state index contributed by atoms with van der Waals surface area (Å²) in [6.07, 6.45) is 8.26. The predicted octanol–water partition coefficient (Wildman–Crippen LogP) is 1.96. The third kappa shape index (κ3) is 3.80. The van der Waals surface area contributed by atoms with Gasteiger partial charge in [0.1, 0.15) is 19.0 Å². The van der Waals surface area contributed by atoms with E-state index >= 15 is 0 Å². The molecular formula is C14H23N3O2. The van der Waals surface area contributed by atoms with Gasteiger partial charge in [-0.05, 0) is 18.8 Å². The Labute approximate surface area is 114 Å². The Balaban J connectivity index is 1.75. The van der Waals surface area contributed by atoms with Gasteiger partial charge in [0, 0.05) is 25.5 Å². The van der Waals surface area contributed by atoms with Gasteiger partial charge in [0.25, 0.3) is 0 Å². The molecule has 2 atom stereocenters. The van der Waals surface area contributed by atoms with Gasteiger partial charge in [-0.1, -0.05) is 19.8 Å². The maximum absolute atomic E-state index is 12.1. The topological polar surface area (TPSA) is 58.2 Å². The lowest BCUT2D eigenvalue weighted by molar-refractivity contribution is -0.139. The molecule has 5 nitrogen and oxygen atoms in total. The van der Waals surface area contributed by atoms with E-state index in [1.165, 1.54) is 19.3 Å². The molecule has 106 valence electrons. The Morgan fingerprint density at radius 3 is 3.00 bits per heavy atom. The first-order valence-corrected chi connectivity index (χ1v) is 7.00. The largest absolute Gasteiger partial charge is 0.364 e. The number of H-pyrrole nitrogens is 1. The first-order valence-electron chi connectivity index (χ1n) is 7.00. The van der Waals surface area contributed by atoms with Gasteiger partial charge in [-0.15, -0.1) is 0 Å². The van der Waals surface area contributed by atoms with E-state index in [0.29, 0.717) is 18.6 Å². The van der Waals surface area contributed by atoms with Crippen molar-refractivity contribution in [3.8, 4) is 0 Å². The zero-order chi connectivity index (χ0) is 13.7. The van der Waals surface area contributed by atoms with Crippen molar-refractivity contribution in [3.63, 3.8) is 0 Å². The Bertz CT molecular complexity index is 391. The van der Waals surface area contributed by atoms with E-state index in [0.717, 1.165) is 12.2 Å². The minimum Gasteiger partial charge on any atom is -0.364 e. The molecule has 19 heavy (non-hydrogen) atoms. The second-order valence-corrected chi connectivity index (χ2v) is 5.36. The number of carbonyl (C=O) groups excluding carboxylic acids is 1. The number of aromatic nitrogens is 2. The molecule has 0 aliphatic heterocycles. The summed E-state index contributed by atoms with van der Waals surface area (Å²) in [5, 5.41) is 0. The fourth-order valence-corrected chi connectivity index (χ4v) is 2.77. The van der Waals surface area contributed by atoms with Crippen molar-refractivity contribution in [1.82, 2.24) is 14.9 Å². The number of hydrogen-bond acceptors (Lipinski definition) is 3. The number of likely N-dealkylation sites (N-methyl/N-ethyl adjacent to an activating group) is 1. The highest BCUT2D eigenvalue weighted by Crippen LogP contribution is 2.27. The van der Waals surface area contributed by atoms with Crippen molar-refractivity contribution in [3.05, 3.63) is 18.2 Å². The minimum atomic E-state index is 0.0605. The molecule has 1 amide bonds. The summed E-state index contributed by atoms with van der Waals surface area (Å²) in [6, 6.07) is 0.369. The first-order chi connectivity index (χ1) is 9.18. The van der Waals surface area contributed by atoms with E-state index in [1.807, 2.05) is 11.9 Å². The number of rotatable bonds is 5. The fraction of sp³-hybridized carbons (Fsp3) is 0.714. The zero-order valence-corrected chi connectivity index (χ0v) is 11.8. The van der Waals surface area contributed by atoms with Gasteiger partial charge in [0.2, 0.25) is 5.91 Å². The SMILES string of the molecule is C[C@@H]1CCCC[C@H]1N(C)C(=O)COCc1ncc[nH]1. The molecule has 5 heteroatoms. The third-order valence-corrected chi connectivity index (χ3v) is 3.98. The molecular weight excluding hydrogens is 242 g/mol. The van der Waals surface area contributed by atoms with E-state index in [9.17, 15) is 4.79 Å². The smallest absolute Gasteiger partial charge is 0.248 e. The fourth-order valence-electron chi connectivity index (χ4n) is 2.77. The van der Waals surface area contributed by atoms with Crippen LogP contribution in [-0.4, -0.2) is 40.5 Å². The van der Waals surface area contributed by atoms with Crippen molar-refractivity contribution in [2.75, 3.05) is 13.7 Å². The number of imidazole rings is 1. The standard InChI is InChI=1S/C14H23N3O2/c1-11-5-3-4-6-12(11)17(2)14(18)10-19-9-13-15-7-8-16-13/h7-8,11-12H,3-6,9-10H2,1-2H3,(H,15,16)/t11-,12-/m1/s1. The molecule has 1 fully saturated rings. The molecule has 0 spiro atoms. The lowest BCUT2D eigenvalue weighted by Gasteiger charge is -2.36. The number of hydrogen-bond donors (Lipinski definition) is 1. The first kappa shape index (κ1) is 14.1. The second-order valence-electron chi connectivity index (χ2n) is 5.36. The molecule has 1 aliphatic carbocycles. The van der Waals surface area contributed by atoms with E-state index in [2.05, 4.69) is 16.9 Å². The lowest BCUT2D eigenvalue weighted by Crippen LogP contribution is -2.44. The molecule has 1 N–H and O–H groups in total. The average molecular weight is 265 g/mol. The van der Waals surface area contributed by atoms with Crippen molar-refractivity contribution >= 4 is 5.91 Å². The monoisotopic (exact) mass is 265 g/mol. The summed E-state index contributed by atoms with van der Waals surface area (Å²) in [5.74, 6) is 1.40. The summed E-state index contributed by atoms with van der Waals surface area (Å²) in [6.45, 7) is 2.71. The van der Waals surface area contributed by atoms with Crippen LogP contribution in [0.1, 0.15) is 38.4 Å². The average Bonchev–Trinajstić information content (AvgIpc) is 2.91. The van der Waals surface area contributed by atoms with Crippen LogP contribution in [0.15, 0.2) is 12.4 Å². The highest BCUT2D eigenvalue weighted by atomic mass is 16.5. The van der Waals surface area contributed by atoms with Gasteiger partial charge in [0.15, 0.2) is 0 Å². The van der Waals surface area contributed by atoms with Gasteiger partial charge in [-0.3, -0.25) is 4.79 Å². The molecule has 1 heterocycles. The highest BCUT2D eigenvalue weighted by Gasteiger charge is 2.27. The summed E-state index contributed by atoms with van der Waals surface area (Å²) < 4.78 is 5.40. The van der Waals surface area contributed by atoms with Crippen LogP contribution in [0.3, 0.4) is 0 Å². The third-order valence-electron chi connectivity index (χ3n) is 3.98. The number of amides is 1. The molecule has 0 bridgehead atoms. The predicted molar refractivity (Wildman–Crippen MR) is 72.4 cm³/mol. The molecule has 0 saturated heterocycles. The minimum absolute atomic E-state index is 0.0605. The maximum Gasteiger partial charge on any atom is 0.248 e. The zero-order valence-electron chi connectivity index (χ0n) is 11.8. The van der Waals surface area contributed by atoms with Crippen molar-refractivity contribution < 1.29 is 9.53 Å². The number of nitrogens with zero attached hydrogens (tertiary/aromatic N) is 2. The van der Waals surface area contributed by atoms with Gasteiger partial charge in [0.05, 0.1) is 0 Å². The molecule has 1 aliphatic rings. The molecule has 2 rings (SSSR count). The summed E-state index contributed by atoms with van der Waals surface area (Å²) in [4.78, 5) is 21.0. The van der Waals surface area contributed by atoms with Crippen molar-refractivity contribution in [2.45, 2.75) is 45.3 Å². The molecule has 0 aromatic carbocycles. The van der Waals surface area contributed by atoms with E-state index < -0.39 is 0 Å². The van der Waals surface area contributed by atoms with Crippen molar-refractivity contribution in [2.24, 2.45) is 5.92 Å². The Kier molecular flexibility index (Phi) is 4.96. The van der Waals surface area contributed by atoms with Crippen LogP contribution >= 0.6 is 0 Å². The molecule has 1 aromatic heterocycles. The van der Waals surface area contributed by atoms with E-state index in [-0.39, 0.29) is 12.5 Å². The lowest BCUT2D eigenvalue weighted by atomic mass is 9.85. The Morgan fingerprint density at radius 2 is 2.32 bits per heavy atom. The van der Waals surface area contributed by atoms with E-state index in [4.69, 9.17) is 4.74 Å². The normalized spacial score (nSPS) is 23.3. The Hall–Kier alpha value is -1.36. The quantitative estimate of drug-likeness (QED) is 0.885. The highest BCUT2D eigenvalue weighted by molar-refractivity contribution is 5.77. The number of carbonyl (C=O) groups is 1.